The Bertz CT molecular complexity index is 1150. The van der Waals surface area contributed by atoms with Crippen molar-refractivity contribution >= 4 is 15.8 Å². The SMILES string of the molecule is O=S(=O)(c1ccc(C(F)(F)F)cc1)N1CCN(c2cc(-c3ccccc3)ncn2)CC1. The molecule has 31 heavy (non-hydrogen) atoms. The average Bonchev–Trinajstić information content (AvgIpc) is 2.79. The molecule has 1 aliphatic rings. The normalized spacial score (nSPS) is 15.8. The van der Waals surface area contributed by atoms with Gasteiger partial charge in [-0.3, -0.25) is 0 Å². The third-order valence-electron chi connectivity index (χ3n) is 5.10. The molecule has 2 heterocycles. The van der Waals surface area contributed by atoms with Crippen LogP contribution >= 0.6 is 0 Å². The molecular weight excluding hydrogens is 429 g/mol. The molecule has 0 N–H and O–H groups in total. The predicted molar refractivity (Wildman–Crippen MR) is 110 cm³/mol. The first-order chi connectivity index (χ1) is 14.7. The van der Waals surface area contributed by atoms with Crippen molar-refractivity contribution in [3.05, 3.63) is 72.6 Å². The summed E-state index contributed by atoms with van der Waals surface area (Å²) in [5.74, 6) is 0.695. The number of anilines is 1. The maximum Gasteiger partial charge on any atom is 0.416 e. The molecule has 0 spiro atoms. The predicted octanol–water partition coefficient (Wildman–Crippen LogP) is 3.67. The lowest BCUT2D eigenvalue weighted by Gasteiger charge is -2.34. The fourth-order valence-electron chi connectivity index (χ4n) is 3.41. The van der Waals surface area contributed by atoms with Crippen LogP contribution in [0.25, 0.3) is 11.3 Å². The number of rotatable bonds is 4. The van der Waals surface area contributed by atoms with Crippen LogP contribution in [0.1, 0.15) is 5.56 Å². The molecule has 0 bridgehead atoms. The minimum atomic E-state index is -4.51. The molecule has 0 aliphatic carbocycles. The van der Waals surface area contributed by atoms with Gasteiger partial charge in [0.25, 0.3) is 0 Å². The average molecular weight is 448 g/mol. The van der Waals surface area contributed by atoms with Gasteiger partial charge in [-0.2, -0.15) is 17.5 Å². The fraction of sp³-hybridized carbons (Fsp3) is 0.238. The zero-order chi connectivity index (χ0) is 22.1. The van der Waals surface area contributed by atoms with Crippen molar-refractivity contribution in [3.63, 3.8) is 0 Å². The molecule has 2 aromatic carbocycles. The number of benzene rings is 2. The van der Waals surface area contributed by atoms with Gasteiger partial charge in [0.2, 0.25) is 10.0 Å². The highest BCUT2D eigenvalue weighted by atomic mass is 32.2. The molecule has 1 fully saturated rings. The summed E-state index contributed by atoms with van der Waals surface area (Å²) < 4.78 is 65.2. The molecular formula is C21H19F3N4O2S. The van der Waals surface area contributed by atoms with E-state index in [1.54, 1.807) is 0 Å². The molecule has 0 saturated carbocycles. The number of hydrogen-bond acceptors (Lipinski definition) is 5. The van der Waals surface area contributed by atoms with Gasteiger partial charge in [-0.05, 0) is 24.3 Å². The summed E-state index contributed by atoms with van der Waals surface area (Å²) in [6.45, 7) is 1.22. The number of hydrogen-bond donors (Lipinski definition) is 0. The van der Waals surface area contributed by atoms with Crippen LogP contribution in [-0.2, 0) is 16.2 Å². The smallest absolute Gasteiger partial charge is 0.354 e. The van der Waals surface area contributed by atoms with Gasteiger partial charge in [0.05, 0.1) is 16.2 Å². The summed E-state index contributed by atoms with van der Waals surface area (Å²) in [4.78, 5) is 10.4. The maximum atomic E-state index is 12.8. The van der Waals surface area contributed by atoms with Crippen LogP contribution < -0.4 is 4.90 Å². The van der Waals surface area contributed by atoms with E-state index in [2.05, 4.69) is 9.97 Å². The van der Waals surface area contributed by atoms with Crippen LogP contribution in [0, 0.1) is 0 Å². The second-order valence-electron chi connectivity index (χ2n) is 7.04. The Labute approximate surface area is 178 Å². The van der Waals surface area contributed by atoms with Crippen molar-refractivity contribution in [3.8, 4) is 11.3 Å². The summed E-state index contributed by atoms with van der Waals surface area (Å²) >= 11 is 0. The second-order valence-corrected chi connectivity index (χ2v) is 8.98. The monoisotopic (exact) mass is 448 g/mol. The Morgan fingerprint density at radius 1 is 0.839 bits per heavy atom. The molecule has 10 heteroatoms. The van der Waals surface area contributed by atoms with Crippen LogP contribution in [0.15, 0.2) is 71.9 Å². The van der Waals surface area contributed by atoms with Gasteiger partial charge >= 0.3 is 6.18 Å². The van der Waals surface area contributed by atoms with Crippen molar-refractivity contribution in [2.45, 2.75) is 11.1 Å². The molecule has 1 saturated heterocycles. The number of piperazine rings is 1. The van der Waals surface area contributed by atoms with E-state index in [4.69, 9.17) is 0 Å². The Balaban J connectivity index is 1.46. The number of nitrogens with zero attached hydrogens (tertiary/aromatic N) is 4. The first-order valence-electron chi connectivity index (χ1n) is 9.55. The molecule has 0 radical (unpaired) electrons. The third-order valence-corrected chi connectivity index (χ3v) is 7.02. The lowest BCUT2D eigenvalue weighted by molar-refractivity contribution is -0.137. The number of sulfonamides is 1. The molecule has 0 amide bonds. The highest BCUT2D eigenvalue weighted by molar-refractivity contribution is 7.89. The van der Waals surface area contributed by atoms with Gasteiger partial charge in [-0.1, -0.05) is 30.3 Å². The number of halogens is 3. The topological polar surface area (TPSA) is 66.4 Å². The van der Waals surface area contributed by atoms with Gasteiger partial charge in [-0.25, -0.2) is 18.4 Å². The van der Waals surface area contributed by atoms with E-state index in [1.807, 2.05) is 41.3 Å². The number of alkyl halides is 3. The summed E-state index contributed by atoms with van der Waals surface area (Å²) in [5, 5.41) is 0. The first kappa shape index (κ1) is 21.3. The van der Waals surface area contributed by atoms with E-state index in [-0.39, 0.29) is 18.0 Å². The van der Waals surface area contributed by atoms with E-state index in [0.29, 0.717) is 18.9 Å². The zero-order valence-corrected chi connectivity index (χ0v) is 17.1. The van der Waals surface area contributed by atoms with E-state index in [9.17, 15) is 21.6 Å². The van der Waals surface area contributed by atoms with Crippen molar-refractivity contribution < 1.29 is 21.6 Å². The quantitative estimate of drug-likeness (QED) is 0.609. The van der Waals surface area contributed by atoms with Crippen LogP contribution in [0.4, 0.5) is 19.0 Å². The van der Waals surface area contributed by atoms with Gasteiger partial charge in [-0.15, -0.1) is 0 Å². The standard InChI is InChI=1S/C21H19F3N4O2S/c22-21(23,24)17-6-8-18(9-7-17)31(29,30)28-12-10-27(11-13-28)20-14-19(25-15-26-20)16-4-2-1-3-5-16/h1-9,14-15H,10-13H2. The minimum absolute atomic E-state index is 0.151. The Morgan fingerprint density at radius 2 is 1.48 bits per heavy atom. The van der Waals surface area contributed by atoms with Crippen LogP contribution in [0.5, 0.6) is 0 Å². The highest BCUT2D eigenvalue weighted by Gasteiger charge is 2.32. The number of aromatic nitrogens is 2. The van der Waals surface area contributed by atoms with E-state index < -0.39 is 21.8 Å². The summed E-state index contributed by atoms with van der Waals surface area (Å²) in [6, 6.07) is 15.1. The molecule has 3 aromatic rings. The van der Waals surface area contributed by atoms with Gasteiger partial charge in [0, 0.05) is 37.8 Å². The third kappa shape index (κ3) is 4.54. The van der Waals surface area contributed by atoms with Gasteiger partial charge < -0.3 is 4.90 Å². The van der Waals surface area contributed by atoms with Gasteiger partial charge in [0.1, 0.15) is 12.1 Å². The largest absolute Gasteiger partial charge is 0.416 e. The molecule has 0 unspecified atom stereocenters. The van der Waals surface area contributed by atoms with Gasteiger partial charge in [0.15, 0.2) is 0 Å². The molecule has 1 aromatic heterocycles. The lowest BCUT2D eigenvalue weighted by atomic mass is 10.1. The molecule has 4 rings (SSSR count). The summed E-state index contributed by atoms with van der Waals surface area (Å²) in [7, 11) is -3.87. The maximum absolute atomic E-state index is 12.8. The van der Waals surface area contributed by atoms with E-state index >= 15 is 0 Å². The lowest BCUT2D eigenvalue weighted by Crippen LogP contribution is -2.48. The van der Waals surface area contributed by atoms with Crippen molar-refractivity contribution in [1.29, 1.82) is 0 Å². The highest BCUT2D eigenvalue weighted by Crippen LogP contribution is 2.30. The van der Waals surface area contributed by atoms with Crippen molar-refractivity contribution in [2.75, 3.05) is 31.1 Å². The van der Waals surface area contributed by atoms with Crippen molar-refractivity contribution in [2.24, 2.45) is 0 Å². The zero-order valence-electron chi connectivity index (χ0n) is 16.3. The molecule has 6 nitrogen and oxygen atoms in total. The van der Waals surface area contributed by atoms with E-state index in [1.165, 1.54) is 10.6 Å². The van der Waals surface area contributed by atoms with E-state index in [0.717, 1.165) is 35.5 Å². The minimum Gasteiger partial charge on any atom is -0.354 e. The van der Waals surface area contributed by atoms with Crippen LogP contribution in [0.2, 0.25) is 0 Å². The Hall–Kier alpha value is -2.98. The van der Waals surface area contributed by atoms with Crippen LogP contribution in [0.3, 0.4) is 0 Å². The Kier molecular flexibility index (Phi) is 5.67. The molecule has 162 valence electrons. The second kappa shape index (κ2) is 8.27. The fourth-order valence-corrected chi connectivity index (χ4v) is 4.83. The van der Waals surface area contributed by atoms with Crippen molar-refractivity contribution in [1.82, 2.24) is 14.3 Å². The summed E-state index contributed by atoms with van der Waals surface area (Å²) in [6.07, 6.45) is -3.03. The Morgan fingerprint density at radius 3 is 2.10 bits per heavy atom. The molecule has 1 aliphatic heterocycles. The summed E-state index contributed by atoms with van der Waals surface area (Å²) in [5.41, 5.74) is 0.842. The first-order valence-corrected chi connectivity index (χ1v) is 11.0. The van der Waals surface area contributed by atoms with Crippen LogP contribution in [-0.4, -0.2) is 48.9 Å². The molecule has 0 atom stereocenters.